The SMILES string of the molecule is NC1=CC=CC(N)(c2c(N)cccc2N)C1. The maximum atomic E-state index is 6.30. The summed E-state index contributed by atoms with van der Waals surface area (Å²) >= 11 is 0. The summed E-state index contributed by atoms with van der Waals surface area (Å²) in [4.78, 5) is 0. The Hall–Kier alpha value is -1.94. The second kappa shape index (κ2) is 3.57. The monoisotopic (exact) mass is 216 g/mol. The summed E-state index contributed by atoms with van der Waals surface area (Å²) in [5.74, 6) is 0. The van der Waals surface area contributed by atoms with Gasteiger partial charge in [-0.25, -0.2) is 0 Å². The van der Waals surface area contributed by atoms with Crippen molar-refractivity contribution in [2.75, 3.05) is 11.5 Å². The van der Waals surface area contributed by atoms with Gasteiger partial charge < -0.3 is 22.9 Å². The van der Waals surface area contributed by atoms with Crippen molar-refractivity contribution in [1.29, 1.82) is 0 Å². The molecular weight excluding hydrogens is 200 g/mol. The van der Waals surface area contributed by atoms with Crippen LogP contribution in [0.15, 0.2) is 42.1 Å². The molecule has 0 aromatic heterocycles. The quantitative estimate of drug-likeness (QED) is 0.521. The van der Waals surface area contributed by atoms with Crippen molar-refractivity contribution in [3.05, 3.63) is 47.7 Å². The van der Waals surface area contributed by atoms with Gasteiger partial charge in [0, 0.05) is 29.1 Å². The molecule has 0 radical (unpaired) electrons. The van der Waals surface area contributed by atoms with Crippen molar-refractivity contribution < 1.29 is 0 Å². The van der Waals surface area contributed by atoms with Crippen molar-refractivity contribution in [2.45, 2.75) is 12.0 Å². The molecule has 1 aromatic carbocycles. The molecule has 16 heavy (non-hydrogen) atoms. The molecule has 4 heteroatoms. The maximum absolute atomic E-state index is 6.30. The molecule has 1 aliphatic carbocycles. The van der Waals surface area contributed by atoms with Crippen LogP contribution in [-0.4, -0.2) is 0 Å². The highest BCUT2D eigenvalue weighted by Crippen LogP contribution is 2.36. The number of nitrogens with two attached hydrogens (primary N) is 4. The molecular formula is C12H16N4. The van der Waals surface area contributed by atoms with Crippen molar-refractivity contribution in [2.24, 2.45) is 11.5 Å². The molecule has 4 nitrogen and oxygen atoms in total. The van der Waals surface area contributed by atoms with Gasteiger partial charge in [0.2, 0.25) is 0 Å². The Kier molecular flexibility index (Phi) is 2.36. The standard InChI is InChI=1S/C12H16N4/c13-8-3-2-6-12(16,7-8)11-9(14)4-1-5-10(11)15/h1-6H,7,13-16H2. The summed E-state index contributed by atoms with van der Waals surface area (Å²) in [5.41, 5.74) is 25.9. The Balaban J connectivity index is 2.53. The Labute approximate surface area is 94.6 Å². The third-order valence-corrected chi connectivity index (χ3v) is 2.79. The van der Waals surface area contributed by atoms with E-state index in [0.29, 0.717) is 17.8 Å². The van der Waals surface area contributed by atoms with E-state index >= 15 is 0 Å². The van der Waals surface area contributed by atoms with Gasteiger partial charge >= 0.3 is 0 Å². The van der Waals surface area contributed by atoms with E-state index in [9.17, 15) is 0 Å². The molecule has 0 bridgehead atoms. The van der Waals surface area contributed by atoms with Gasteiger partial charge in [-0.05, 0) is 18.2 Å². The third kappa shape index (κ3) is 1.63. The molecule has 0 fully saturated rings. The third-order valence-electron chi connectivity index (χ3n) is 2.79. The van der Waals surface area contributed by atoms with Crippen LogP contribution in [0, 0.1) is 0 Å². The van der Waals surface area contributed by atoms with Gasteiger partial charge in [0.15, 0.2) is 0 Å². The maximum Gasteiger partial charge on any atom is 0.0694 e. The number of anilines is 2. The number of nitrogen functional groups attached to an aromatic ring is 2. The number of hydrogen-bond donors (Lipinski definition) is 4. The van der Waals surface area contributed by atoms with E-state index in [2.05, 4.69) is 0 Å². The molecule has 1 unspecified atom stereocenters. The van der Waals surface area contributed by atoms with Gasteiger partial charge in [0.05, 0.1) is 5.54 Å². The van der Waals surface area contributed by atoms with Gasteiger partial charge in [0.1, 0.15) is 0 Å². The van der Waals surface area contributed by atoms with E-state index in [4.69, 9.17) is 22.9 Å². The second-order valence-electron chi connectivity index (χ2n) is 4.13. The zero-order valence-corrected chi connectivity index (χ0v) is 8.98. The van der Waals surface area contributed by atoms with Crippen LogP contribution in [0.1, 0.15) is 12.0 Å². The fourth-order valence-corrected chi connectivity index (χ4v) is 2.10. The first-order valence-corrected chi connectivity index (χ1v) is 5.10. The van der Waals surface area contributed by atoms with Gasteiger partial charge in [-0.2, -0.15) is 0 Å². The smallest absolute Gasteiger partial charge is 0.0694 e. The van der Waals surface area contributed by atoms with Crippen LogP contribution in [0.4, 0.5) is 11.4 Å². The summed E-state index contributed by atoms with van der Waals surface area (Å²) in [7, 11) is 0. The lowest BCUT2D eigenvalue weighted by Gasteiger charge is -2.31. The van der Waals surface area contributed by atoms with E-state index < -0.39 is 5.54 Å². The van der Waals surface area contributed by atoms with Crippen LogP contribution in [0.5, 0.6) is 0 Å². The first-order valence-electron chi connectivity index (χ1n) is 5.10. The van der Waals surface area contributed by atoms with Gasteiger partial charge in [-0.1, -0.05) is 18.2 Å². The minimum absolute atomic E-state index is 0.530. The lowest BCUT2D eigenvalue weighted by atomic mass is 9.82. The minimum atomic E-state index is -0.700. The van der Waals surface area contributed by atoms with Crippen LogP contribution in [0.3, 0.4) is 0 Å². The normalized spacial score (nSPS) is 24.2. The van der Waals surface area contributed by atoms with Crippen molar-refractivity contribution in [3.63, 3.8) is 0 Å². The van der Waals surface area contributed by atoms with Crippen LogP contribution in [0.2, 0.25) is 0 Å². The van der Waals surface area contributed by atoms with Crippen molar-refractivity contribution in [3.8, 4) is 0 Å². The summed E-state index contributed by atoms with van der Waals surface area (Å²) in [5, 5.41) is 0. The zero-order valence-electron chi connectivity index (χ0n) is 8.98. The van der Waals surface area contributed by atoms with Crippen LogP contribution in [0.25, 0.3) is 0 Å². The lowest BCUT2D eigenvalue weighted by molar-refractivity contribution is 0.549. The van der Waals surface area contributed by atoms with Gasteiger partial charge in [-0.15, -0.1) is 0 Å². The van der Waals surface area contributed by atoms with E-state index in [-0.39, 0.29) is 0 Å². The van der Waals surface area contributed by atoms with Crippen molar-refractivity contribution >= 4 is 11.4 Å². The fourth-order valence-electron chi connectivity index (χ4n) is 2.10. The summed E-state index contributed by atoms with van der Waals surface area (Å²) in [6.07, 6.45) is 6.08. The predicted molar refractivity (Wildman–Crippen MR) is 67.2 cm³/mol. The van der Waals surface area contributed by atoms with E-state index in [0.717, 1.165) is 11.3 Å². The first-order chi connectivity index (χ1) is 7.53. The highest BCUT2D eigenvalue weighted by atomic mass is 14.8. The van der Waals surface area contributed by atoms with E-state index in [1.807, 2.05) is 24.3 Å². The first kappa shape index (κ1) is 10.6. The molecule has 0 amide bonds. The lowest BCUT2D eigenvalue weighted by Crippen LogP contribution is -2.38. The molecule has 1 atom stereocenters. The van der Waals surface area contributed by atoms with Crippen molar-refractivity contribution in [1.82, 2.24) is 0 Å². The van der Waals surface area contributed by atoms with Crippen LogP contribution in [-0.2, 0) is 5.54 Å². The average molecular weight is 216 g/mol. The molecule has 8 N–H and O–H groups in total. The molecule has 1 aliphatic rings. The van der Waals surface area contributed by atoms with E-state index in [1.165, 1.54) is 0 Å². The molecule has 0 saturated heterocycles. The molecule has 0 saturated carbocycles. The van der Waals surface area contributed by atoms with Gasteiger partial charge in [-0.3, -0.25) is 0 Å². The number of rotatable bonds is 1. The Bertz CT molecular complexity index is 456. The van der Waals surface area contributed by atoms with Crippen LogP contribution >= 0.6 is 0 Å². The molecule has 0 aliphatic heterocycles. The summed E-state index contributed by atoms with van der Waals surface area (Å²) in [6.45, 7) is 0. The Morgan fingerprint density at radius 3 is 2.25 bits per heavy atom. The molecule has 0 heterocycles. The van der Waals surface area contributed by atoms with E-state index in [1.54, 1.807) is 12.1 Å². The topological polar surface area (TPSA) is 104 Å². The number of allylic oxidation sites excluding steroid dienone is 2. The highest BCUT2D eigenvalue weighted by Gasteiger charge is 2.30. The fraction of sp³-hybridized carbons (Fsp3) is 0.167. The average Bonchev–Trinajstić information content (AvgIpc) is 2.16. The molecule has 0 spiro atoms. The minimum Gasteiger partial charge on any atom is -0.402 e. The summed E-state index contributed by atoms with van der Waals surface area (Å²) in [6, 6.07) is 5.40. The zero-order chi connectivity index (χ0) is 11.8. The second-order valence-corrected chi connectivity index (χ2v) is 4.13. The molecule has 84 valence electrons. The number of benzene rings is 1. The highest BCUT2D eigenvalue weighted by molar-refractivity contribution is 5.66. The summed E-state index contributed by atoms with van der Waals surface area (Å²) < 4.78 is 0. The Morgan fingerprint density at radius 1 is 1.06 bits per heavy atom. The Morgan fingerprint density at radius 2 is 1.69 bits per heavy atom. The molecule has 2 rings (SSSR count). The predicted octanol–water partition coefficient (Wildman–Crippen LogP) is 0.807. The number of hydrogen-bond acceptors (Lipinski definition) is 4. The van der Waals surface area contributed by atoms with Crippen LogP contribution < -0.4 is 22.9 Å². The molecule has 1 aromatic rings. The largest absolute Gasteiger partial charge is 0.402 e. The van der Waals surface area contributed by atoms with Gasteiger partial charge in [0.25, 0.3) is 0 Å².